The van der Waals surface area contributed by atoms with Gasteiger partial charge >= 0.3 is 114 Å². The van der Waals surface area contributed by atoms with Crippen molar-refractivity contribution in [2.24, 2.45) is 0 Å². The monoisotopic (exact) mass is 392 g/mol. The zero-order valence-corrected chi connectivity index (χ0v) is 14.3. The Morgan fingerprint density at radius 1 is 0.714 bits per heavy atom. The van der Waals surface area contributed by atoms with Gasteiger partial charge in [-0.05, 0) is 0 Å². The summed E-state index contributed by atoms with van der Waals surface area (Å²) < 4.78 is 2.69. The first-order valence-electron chi connectivity index (χ1n) is 6.34. The van der Waals surface area contributed by atoms with E-state index in [1.54, 1.807) is 0 Å². The van der Waals surface area contributed by atoms with Gasteiger partial charge in [-0.1, -0.05) is 0 Å². The maximum atomic E-state index is 9.10. The van der Waals surface area contributed by atoms with Crippen molar-refractivity contribution in [2.75, 3.05) is 0 Å². The number of hydrogen-bond acceptors (Lipinski definition) is 2. The Morgan fingerprint density at radius 3 is 1.33 bits per heavy atom. The summed E-state index contributed by atoms with van der Waals surface area (Å²) in [5.74, 6) is -3.65. The molecule has 2 N–H and O–H groups in total. The van der Waals surface area contributed by atoms with Gasteiger partial charge in [-0.15, -0.1) is 0 Å². The van der Waals surface area contributed by atoms with Crippen molar-refractivity contribution in [2.45, 2.75) is 8.87 Å². The van der Waals surface area contributed by atoms with Gasteiger partial charge in [-0.25, -0.2) is 9.59 Å². The summed E-state index contributed by atoms with van der Waals surface area (Å²) >= 11 is -0.258. The van der Waals surface area contributed by atoms with Crippen molar-refractivity contribution < 1.29 is 19.8 Å². The number of carbonyl (C=O) groups is 2. The van der Waals surface area contributed by atoms with E-state index in [2.05, 4.69) is 60.7 Å². The van der Waals surface area contributed by atoms with Crippen LogP contribution in [0.5, 0.6) is 0 Å². The van der Waals surface area contributed by atoms with Gasteiger partial charge in [-0.2, -0.15) is 0 Å². The van der Waals surface area contributed by atoms with Crippen LogP contribution in [0, 0.1) is 0 Å². The van der Waals surface area contributed by atoms with Gasteiger partial charge in [0.15, 0.2) is 0 Å². The molecule has 0 aliphatic heterocycles. The van der Waals surface area contributed by atoms with Crippen LogP contribution in [0.2, 0.25) is 0 Å². The van der Waals surface area contributed by atoms with Crippen molar-refractivity contribution in [3.05, 3.63) is 71.8 Å². The van der Waals surface area contributed by atoms with E-state index < -0.39 is 11.9 Å². The molecule has 0 fully saturated rings. The molecule has 108 valence electrons. The zero-order valence-electron chi connectivity index (χ0n) is 11.4. The first-order chi connectivity index (χ1) is 10.1. The Labute approximate surface area is 133 Å². The van der Waals surface area contributed by atoms with Crippen LogP contribution in [0.15, 0.2) is 60.7 Å². The third kappa shape index (κ3) is 8.14. The van der Waals surface area contributed by atoms with Crippen LogP contribution in [0.4, 0.5) is 0 Å². The fraction of sp³-hybridized carbons (Fsp3) is 0.125. The average molecular weight is 391 g/mol. The van der Waals surface area contributed by atoms with E-state index in [1.165, 1.54) is 20.0 Å². The Bertz CT molecular complexity index is 504. The van der Waals surface area contributed by atoms with Gasteiger partial charge in [0.1, 0.15) is 0 Å². The first-order valence-corrected chi connectivity index (χ1v) is 10.4. The SMILES string of the molecule is O=C(O)C(=O)O.c1ccc([CH2][Sn][CH2]c2ccccc2)cc1. The van der Waals surface area contributed by atoms with Gasteiger partial charge in [0, 0.05) is 0 Å². The van der Waals surface area contributed by atoms with Crippen LogP contribution >= 0.6 is 0 Å². The predicted octanol–water partition coefficient (Wildman–Crippen LogP) is 2.25. The number of rotatable bonds is 4. The molecule has 2 rings (SSSR count). The summed E-state index contributed by atoms with van der Waals surface area (Å²) in [7, 11) is 0. The second kappa shape index (κ2) is 9.99. The van der Waals surface area contributed by atoms with E-state index in [4.69, 9.17) is 19.8 Å². The second-order valence-corrected chi connectivity index (χ2v) is 7.63. The van der Waals surface area contributed by atoms with Gasteiger partial charge < -0.3 is 10.2 Å². The predicted molar refractivity (Wildman–Crippen MR) is 81.3 cm³/mol. The molecule has 5 heteroatoms. The quantitative estimate of drug-likeness (QED) is 0.620. The third-order valence-electron chi connectivity index (χ3n) is 2.53. The Kier molecular flexibility index (Phi) is 8.19. The van der Waals surface area contributed by atoms with Gasteiger partial charge in [0.2, 0.25) is 0 Å². The Balaban J connectivity index is 0.000000315. The van der Waals surface area contributed by atoms with E-state index in [0.29, 0.717) is 0 Å². The van der Waals surface area contributed by atoms with Crippen LogP contribution in [0.25, 0.3) is 0 Å². The molecule has 0 amide bonds. The molecule has 0 aliphatic rings. The summed E-state index contributed by atoms with van der Waals surface area (Å²) in [5, 5.41) is 14.8. The molecule has 0 aliphatic carbocycles. The number of carboxylic acid groups (broad SMARTS) is 2. The molecule has 0 aromatic heterocycles. The number of hydrogen-bond donors (Lipinski definition) is 2. The van der Waals surface area contributed by atoms with Gasteiger partial charge in [0.05, 0.1) is 0 Å². The standard InChI is InChI=1S/2C7H7.C2H2O4.Sn/c2*1-7-5-3-2-4-6-7;3-1(4)2(5)6;/h2*2-6H,1H2;(H,3,4)(H,5,6);. The van der Waals surface area contributed by atoms with Crippen molar-refractivity contribution in [3.8, 4) is 0 Å². The van der Waals surface area contributed by atoms with Gasteiger partial charge in [0.25, 0.3) is 0 Å². The minimum atomic E-state index is -1.82. The van der Waals surface area contributed by atoms with E-state index in [9.17, 15) is 0 Å². The Morgan fingerprint density at radius 2 is 1.05 bits per heavy atom. The van der Waals surface area contributed by atoms with E-state index in [-0.39, 0.29) is 21.1 Å². The summed E-state index contributed by atoms with van der Waals surface area (Å²) in [6.45, 7) is 0. The molecule has 2 aromatic carbocycles. The van der Waals surface area contributed by atoms with Crippen LogP contribution in [0.3, 0.4) is 0 Å². The molecule has 0 spiro atoms. The molecule has 0 heterocycles. The molecule has 0 saturated carbocycles. The van der Waals surface area contributed by atoms with Crippen LogP contribution < -0.4 is 0 Å². The zero-order chi connectivity index (χ0) is 15.5. The van der Waals surface area contributed by atoms with Crippen LogP contribution in [0.1, 0.15) is 11.1 Å². The molecule has 21 heavy (non-hydrogen) atoms. The summed E-state index contributed by atoms with van der Waals surface area (Å²) in [6, 6.07) is 21.7. The molecular weight excluding hydrogens is 375 g/mol. The molecule has 0 atom stereocenters. The number of aliphatic carboxylic acids is 2. The second-order valence-electron chi connectivity index (χ2n) is 4.19. The van der Waals surface area contributed by atoms with E-state index in [0.717, 1.165) is 0 Å². The molecular formula is C16H16O4Sn. The summed E-state index contributed by atoms with van der Waals surface area (Å²) in [6.07, 6.45) is 0. The molecule has 4 nitrogen and oxygen atoms in total. The fourth-order valence-corrected chi connectivity index (χ4v) is 4.89. The minimum absolute atomic E-state index is 0.258. The van der Waals surface area contributed by atoms with Crippen molar-refractivity contribution >= 4 is 33.1 Å². The van der Waals surface area contributed by atoms with Gasteiger partial charge in [-0.3, -0.25) is 0 Å². The van der Waals surface area contributed by atoms with E-state index in [1.807, 2.05) is 0 Å². The summed E-state index contributed by atoms with van der Waals surface area (Å²) in [4.78, 5) is 18.2. The van der Waals surface area contributed by atoms with Crippen molar-refractivity contribution in [1.82, 2.24) is 0 Å². The molecule has 2 aromatic rings. The third-order valence-corrected chi connectivity index (χ3v) is 6.28. The Hall–Kier alpha value is -1.82. The molecule has 2 radical (unpaired) electrons. The molecule has 0 unspecified atom stereocenters. The van der Waals surface area contributed by atoms with Crippen molar-refractivity contribution in [3.63, 3.8) is 0 Å². The number of carboxylic acids is 2. The van der Waals surface area contributed by atoms with Crippen molar-refractivity contribution in [1.29, 1.82) is 0 Å². The molecule has 0 bridgehead atoms. The summed E-state index contributed by atoms with van der Waals surface area (Å²) in [5.41, 5.74) is 3.03. The maximum absolute atomic E-state index is 9.10. The van der Waals surface area contributed by atoms with E-state index >= 15 is 0 Å². The van der Waals surface area contributed by atoms with Crippen LogP contribution in [-0.4, -0.2) is 43.3 Å². The topological polar surface area (TPSA) is 74.6 Å². The van der Waals surface area contributed by atoms with Crippen LogP contribution in [-0.2, 0) is 18.5 Å². The molecule has 0 saturated heterocycles. The first kappa shape index (κ1) is 17.2. The normalized spacial score (nSPS) is 9.33. The average Bonchev–Trinajstić information content (AvgIpc) is 2.50. The number of benzene rings is 2. The fourth-order valence-electron chi connectivity index (χ4n) is 1.54.